The van der Waals surface area contributed by atoms with Crippen LogP contribution in [-0.4, -0.2) is 11.9 Å². The molecular weight excluding hydrogens is 553 g/mol. The molecule has 0 saturated heterocycles. The lowest BCUT2D eigenvalue weighted by molar-refractivity contribution is -0.129. The summed E-state index contributed by atoms with van der Waals surface area (Å²) in [6.07, 6.45) is 1.59. The highest BCUT2D eigenvalue weighted by molar-refractivity contribution is 9.11. The van der Waals surface area contributed by atoms with Crippen molar-refractivity contribution < 1.29 is 18.7 Å². The maximum atomic E-state index is 13.4. The molecule has 0 fully saturated rings. The maximum absolute atomic E-state index is 13.4. The molecule has 0 atom stereocenters. The first-order valence-corrected chi connectivity index (χ1v) is 11.0. The van der Waals surface area contributed by atoms with Crippen LogP contribution in [0.3, 0.4) is 0 Å². The van der Waals surface area contributed by atoms with E-state index in [0.717, 1.165) is 5.56 Å². The van der Waals surface area contributed by atoms with Gasteiger partial charge in [0.25, 0.3) is 0 Å². The Bertz CT molecular complexity index is 1200. The highest BCUT2D eigenvalue weighted by Gasteiger charge is 2.24. The van der Waals surface area contributed by atoms with Crippen LogP contribution in [0.4, 0.5) is 4.39 Å². The number of nitrogens with zero attached hydrogens (tertiary/aromatic N) is 1. The average Bonchev–Trinajstić information content (AvgIpc) is 3.09. The molecule has 4 rings (SSSR count). The first-order valence-electron chi connectivity index (χ1n) is 9.04. The van der Waals surface area contributed by atoms with Crippen LogP contribution in [-0.2, 0) is 16.1 Å². The van der Waals surface area contributed by atoms with Crippen molar-refractivity contribution in [3.05, 3.63) is 103 Å². The van der Waals surface area contributed by atoms with E-state index in [1.165, 1.54) is 18.2 Å². The first kappa shape index (κ1) is 21.7. The number of ether oxygens (including phenoxy) is 2. The van der Waals surface area contributed by atoms with Crippen molar-refractivity contribution in [2.24, 2.45) is 4.99 Å². The Morgan fingerprint density at radius 2 is 1.77 bits per heavy atom. The minimum absolute atomic E-state index is 0.0665. The molecule has 0 N–H and O–H groups in total. The van der Waals surface area contributed by atoms with Gasteiger partial charge in [-0.3, -0.25) is 0 Å². The number of halogens is 4. The third kappa shape index (κ3) is 5.23. The van der Waals surface area contributed by atoms with Crippen LogP contribution in [0, 0.1) is 5.82 Å². The van der Waals surface area contributed by atoms with Crippen molar-refractivity contribution in [1.29, 1.82) is 0 Å². The normalized spacial score (nSPS) is 14.5. The third-order valence-corrected chi connectivity index (χ3v) is 5.74. The van der Waals surface area contributed by atoms with E-state index in [4.69, 9.17) is 21.1 Å². The molecular formula is C23H13Br2ClFNO3. The number of cyclic esters (lactones) is 1. The standard InChI is InChI=1S/C23H13Br2ClFNO3/c24-18-8-14(9-19(25)21(18)30-12-13-4-6-16(26)7-5-13)10-20-23(29)31-22(28-20)15-2-1-3-17(27)11-15/h1-11H,12H2/b20-10-. The van der Waals surface area contributed by atoms with Crippen molar-refractivity contribution in [1.82, 2.24) is 0 Å². The van der Waals surface area contributed by atoms with Crippen LogP contribution >= 0.6 is 43.5 Å². The van der Waals surface area contributed by atoms with Crippen molar-refractivity contribution >= 4 is 61.4 Å². The molecule has 0 spiro atoms. The van der Waals surface area contributed by atoms with Gasteiger partial charge in [0.2, 0.25) is 5.90 Å². The van der Waals surface area contributed by atoms with Gasteiger partial charge < -0.3 is 9.47 Å². The molecule has 31 heavy (non-hydrogen) atoms. The molecule has 0 unspecified atom stereocenters. The smallest absolute Gasteiger partial charge is 0.363 e. The number of benzene rings is 3. The maximum Gasteiger partial charge on any atom is 0.363 e. The Hall–Kier alpha value is -2.48. The minimum atomic E-state index is -0.602. The quantitative estimate of drug-likeness (QED) is 0.249. The molecule has 1 aliphatic heterocycles. The molecule has 0 saturated carbocycles. The van der Waals surface area contributed by atoms with E-state index < -0.39 is 11.8 Å². The molecule has 156 valence electrons. The van der Waals surface area contributed by atoms with Crippen LogP contribution < -0.4 is 4.74 Å². The molecule has 1 heterocycles. The van der Waals surface area contributed by atoms with E-state index in [1.807, 2.05) is 12.1 Å². The van der Waals surface area contributed by atoms with Gasteiger partial charge in [0.15, 0.2) is 5.70 Å². The fraction of sp³-hybridized carbons (Fsp3) is 0.0435. The van der Waals surface area contributed by atoms with E-state index >= 15 is 0 Å². The van der Waals surface area contributed by atoms with E-state index in [-0.39, 0.29) is 11.6 Å². The van der Waals surface area contributed by atoms with Gasteiger partial charge in [-0.1, -0.05) is 29.8 Å². The molecule has 0 radical (unpaired) electrons. The number of esters is 1. The zero-order valence-electron chi connectivity index (χ0n) is 15.7. The number of hydrogen-bond acceptors (Lipinski definition) is 4. The predicted octanol–water partition coefficient (Wildman–Crippen LogP) is 6.93. The second kappa shape index (κ2) is 9.34. The van der Waals surface area contributed by atoms with Gasteiger partial charge >= 0.3 is 5.97 Å². The summed E-state index contributed by atoms with van der Waals surface area (Å²) < 4.78 is 25.9. The van der Waals surface area contributed by atoms with Crippen molar-refractivity contribution in [2.45, 2.75) is 6.61 Å². The van der Waals surface area contributed by atoms with Crippen LogP contribution in [0.25, 0.3) is 6.08 Å². The summed E-state index contributed by atoms with van der Waals surface area (Å²) in [6, 6.07) is 16.7. The van der Waals surface area contributed by atoms with Gasteiger partial charge in [-0.05, 0) is 91.5 Å². The second-order valence-corrected chi connectivity index (χ2v) is 8.72. The molecule has 8 heteroatoms. The highest BCUT2D eigenvalue weighted by Crippen LogP contribution is 2.36. The van der Waals surface area contributed by atoms with Crippen molar-refractivity contribution in [2.75, 3.05) is 0 Å². The third-order valence-electron chi connectivity index (χ3n) is 4.31. The number of carbonyl (C=O) groups is 1. The van der Waals surface area contributed by atoms with E-state index in [1.54, 1.807) is 36.4 Å². The topological polar surface area (TPSA) is 47.9 Å². The second-order valence-electron chi connectivity index (χ2n) is 6.58. The molecule has 0 amide bonds. The number of carbonyl (C=O) groups excluding carboxylic acids is 1. The molecule has 3 aromatic carbocycles. The van der Waals surface area contributed by atoms with Crippen molar-refractivity contribution in [3.8, 4) is 5.75 Å². The van der Waals surface area contributed by atoms with Gasteiger partial charge in [0.1, 0.15) is 18.2 Å². The Kier molecular flexibility index (Phi) is 6.55. The van der Waals surface area contributed by atoms with Crippen LogP contribution in [0.2, 0.25) is 5.02 Å². The molecule has 0 bridgehead atoms. The zero-order valence-corrected chi connectivity index (χ0v) is 19.7. The summed E-state index contributed by atoms with van der Waals surface area (Å²) in [5, 5.41) is 0.664. The van der Waals surface area contributed by atoms with Gasteiger partial charge in [-0.25, -0.2) is 14.2 Å². The molecule has 0 aromatic heterocycles. The molecule has 1 aliphatic rings. The lowest BCUT2D eigenvalue weighted by atomic mass is 10.2. The lowest BCUT2D eigenvalue weighted by Gasteiger charge is -2.11. The fourth-order valence-corrected chi connectivity index (χ4v) is 4.43. The summed E-state index contributed by atoms with van der Waals surface area (Å²) in [4.78, 5) is 16.4. The Balaban J connectivity index is 1.55. The first-order chi connectivity index (χ1) is 14.9. The van der Waals surface area contributed by atoms with Crippen LogP contribution in [0.1, 0.15) is 16.7 Å². The van der Waals surface area contributed by atoms with E-state index in [0.29, 0.717) is 37.5 Å². The van der Waals surface area contributed by atoms with Gasteiger partial charge in [-0.2, -0.15) is 0 Å². The van der Waals surface area contributed by atoms with Crippen molar-refractivity contribution in [3.63, 3.8) is 0 Å². The Morgan fingerprint density at radius 3 is 2.45 bits per heavy atom. The van der Waals surface area contributed by atoms with E-state index in [9.17, 15) is 9.18 Å². The highest BCUT2D eigenvalue weighted by atomic mass is 79.9. The Labute approximate surface area is 199 Å². The minimum Gasteiger partial charge on any atom is -0.487 e. The summed E-state index contributed by atoms with van der Waals surface area (Å²) in [6.45, 7) is 0.364. The molecule has 3 aromatic rings. The monoisotopic (exact) mass is 563 g/mol. The molecule has 4 nitrogen and oxygen atoms in total. The van der Waals surface area contributed by atoms with Gasteiger partial charge in [-0.15, -0.1) is 0 Å². The average molecular weight is 566 g/mol. The Morgan fingerprint density at radius 1 is 1.06 bits per heavy atom. The zero-order chi connectivity index (χ0) is 22.0. The number of aliphatic imine (C=N–C) groups is 1. The summed E-state index contributed by atoms with van der Waals surface area (Å²) in [5.41, 5.74) is 2.19. The van der Waals surface area contributed by atoms with Crippen LogP contribution in [0.5, 0.6) is 5.75 Å². The summed E-state index contributed by atoms with van der Waals surface area (Å²) >= 11 is 12.9. The van der Waals surface area contributed by atoms with E-state index in [2.05, 4.69) is 36.9 Å². The molecule has 0 aliphatic carbocycles. The summed E-state index contributed by atoms with van der Waals surface area (Å²) in [7, 11) is 0. The van der Waals surface area contributed by atoms with Crippen LogP contribution in [0.15, 0.2) is 80.3 Å². The predicted molar refractivity (Wildman–Crippen MR) is 125 cm³/mol. The number of rotatable bonds is 5. The largest absolute Gasteiger partial charge is 0.487 e. The fourth-order valence-electron chi connectivity index (χ4n) is 2.85. The van der Waals surface area contributed by atoms with Gasteiger partial charge in [0.05, 0.1) is 8.95 Å². The number of hydrogen-bond donors (Lipinski definition) is 0. The SMILES string of the molecule is O=C1OC(c2cccc(F)c2)=N/C1=C\c1cc(Br)c(OCc2ccc(Cl)cc2)c(Br)c1. The van der Waals surface area contributed by atoms with Gasteiger partial charge in [0, 0.05) is 10.6 Å². The summed E-state index contributed by atoms with van der Waals surface area (Å²) in [5.74, 6) is -0.350. The lowest BCUT2D eigenvalue weighted by Crippen LogP contribution is -2.05.